The van der Waals surface area contributed by atoms with Gasteiger partial charge in [0.25, 0.3) is 0 Å². The zero-order chi connectivity index (χ0) is 5.11. The lowest BCUT2D eigenvalue weighted by molar-refractivity contribution is 1.37. The monoisotopic (exact) mass is 159 g/mol. The fraction of sp³-hybridized carbons (Fsp3) is 0.400. The molecule has 1 heterocycles. The maximum atomic E-state index is 4.04. The standard InChI is InChI=1S/C5H6BrN/c6-4-5-2-1-3-7-5/h2-3H,1,4H2. The van der Waals surface area contributed by atoms with Crippen molar-refractivity contribution >= 4 is 22.1 Å². The van der Waals surface area contributed by atoms with Gasteiger partial charge in [-0.25, -0.2) is 0 Å². The molecule has 1 aliphatic heterocycles. The molecule has 0 saturated carbocycles. The lowest BCUT2D eigenvalue weighted by Gasteiger charge is -1.82. The van der Waals surface area contributed by atoms with E-state index in [2.05, 4.69) is 27.0 Å². The Morgan fingerprint density at radius 2 is 2.71 bits per heavy atom. The molecule has 0 aromatic heterocycles. The molecule has 0 radical (unpaired) electrons. The van der Waals surface area contributed by atoms with Crippen LogP contribution in [-0.2, 0) is 0 Å². The fourth-order valence-electron chi connectivity index (χ4n) is 0.500. The molecule has 0 aromatic carbocycles. The minimum Gasteiger partial charge on any atom is -0.265 e. The van der Waals surface area contributed by atoms with E-state index in [1.54, 1.807) is 0 Å². The predicted molar refractivity (Wildman–Crippen MR) is 35.0 cm³/mol. The lowest BCUT2D eigenvalue weighted by atomic mass is 10.4. The summed E-state index contributed by atoms with van der Waals surface area (Å²) in [4.78, 5) is 4.04. The molecule has 0 aromatic rings. The van der Waals surface area contributed by atoms with E-state index in [9.17, 15) is 0 Å². The van der Waals surface area contributed by atoms with Crippen LogP contribution in [0.3, 0.4) is 0 Å². The van der Waals surface area contributed by atoms with Crippen LogP contribution in [0.1, 0.15) is 6.42 Å². The van der Waals surface area contributed by atoms with Gasteiger partial charge in [-0.15, -0.1) is 0 Å². The van der Waals surface area contributed by atoms with Crippen molar-refractivity contribution in [2.24, 2.45) is 4.99 Å². The number of halogens is 1. The Morgan fingerprint density at radius 3 is 3.00 bits per heavy atom. The molecule has 0 bridgehead atoms. The second-order valence-corrected chi connectivity index (χ2v) is 1.94. The van der Waals surface area contributed by atoms with Gasteiger partial charge in [0.2, 0.25) is 0 Å². The van der Waals surface area contributed by atoms with Crippen LogP contribution in [0.15, 0.2) is 16.8 Å². The van der Waals surface area contributed by atoms with Crippen molar-refractivity contribution in [2.45, 2.75) is 6.42 Å². The van der Waals surface area contributed by atoms with Crippen LogP contribution in [0.25, 0.3) is 0 Å². The second kappa shape index (κ2) is 2.26. The maximum absolute atomic E-state index is 4.04. The highest BCUT2D eigenvalue weighted by molar-refractivity contribution is 9.09. The molecule has 0 fully saturated rings. The zero-order valence-electron chi connectivity index (χ0n) is 3.89. The molecule has 0 aliphatic carbocycles. The number of nitrogens with zero attached hydrogens (tertiary/aromatic N) is 1. The van der Waals surface area contributed by atoms with Crippen molar-refractivity contribution < 1.29 is 0 Å². The number of hydrogen-bond acceptors (Lipinski definition) is 1. The molecule has 0 saturated heterocycles. The quantitative estimate of drug-likeness (QED) is 0.518. The Kier molecular flexibility index (Phi) is 1.63. The van der Waals surface area contributed by atoms with E-state index < -0.39 is 0 Å². The summed E-state index contributed by atoms with van der Waals surface area (Å²) >= 11 is 3.29. The molecule has 1 aliphatic rings. The van der Waals surface area contributed by atoms with Crippen molar-refractivity contribution in [2.75, 3.05) is 5.33 Å². The van der Waals surface area contributed by atoms with Gasteiger partial charge in [-0.2, -0.15) is 0 Å². The van der Waals surface area contributed by atoms with Crippen molar-refractivity contribution in [3.05, 3.63) is 11.8 Å². The highest BCUT2D eigenvalue weighted by Gasteiger charge is 1.92. The van der Waals surface area contributed by atoms with E-state index in [4.69, 9.17) is 0 Å². The molecule has 0 unspecified atom stereocenters. The first-order chi connectivity index (χ1) is 3.43. The van der Waals surface area contributed by atoms with Gasteiger partial charge in [0.1, 0.15) is 0 Å². The number of aliphatic imine (C=N–C) groups is 1. The topological polar surface area (TPSA) is 12.4 Å². The smallest absolute Gasteiger partial charge is 0.0469 e. The number of allylic oxidation sites excluding steroid dienone is 2. The molecule has 7 heavy (non-hydrogen) atoms. The lowest BCUT2D eigenvalue weighted by Crippen LogP contribution is -1.69. The van der Waals surface area contributed by atoms with Crippen LogP contribution in [0.5, 0.6) is 0 Å². The van der Waals surface area contributed by atoms with E-state index >= 15 is 0 Å². The highest BCUT2D eigenvalue weighted by atomic mass is 79.9. The molecule has 1 nitrogen and oxygen atoms in total. The summed E-state index contributed by atoms with van der Waals surface area (Å²) in [6.45, 7) is 0. The molecule has 0 N–H and O–H groups in total. The summed E-state index contributed by atoms with van der Waals surface area (Å²) in [5, 5.41) is 0.892. The largest absolute Gasteiger partial charge is 0.265 e. The van der Waals surface area contributed by atoms with Gasteiger partial charge in [0.15, 0.2) is 0 Å². The minimum absolute atomic E-state index is 0.892. The first-order valence-electron chi connectivity index (χ1n) is 2.21. The Bertz CT molecular complexity index is 115. The van der Waals surface area contributed by atoms with Gasteiger partial charge < -0.3 is 0 Å². The van der Waals surface area contributed by atoms with Crippen LogP contribution in [0, 0.1) is 0 Å². The fourth-order valence-corrected chi connectivity index (χ4v) is 0.874. The maximum Gasteiger partial charge on any atom is 0.0469 e. The van der Waals surface area contributed by atoms with E-state index in [1.165, 1.54) is 0 Å². The average Bonchev–Trinajstić information content (AvgIpc) is 2.14. The van der Waals surface area contributed by atoms with Crippen LogP contribution in [-0.4, -0.2) is 11.5 Å². The van der Waals surface area contributed by atoms with Crippen LogP contribution < -0.4 is 0 Å². The van der Waals surface area contributed by atoms with Gasteiger partial charge in [-0.05, 0) is 0 Å². The summed E-state index contributed by atoms with van der Waals surface area (Å²) in [5.41, 5.74) is 1.15. The molecule has 2 heteroatoms. The van der Waals surface area contributed by atoms with Gasteiger partial charge in [0.05, 0.1) is 0 Å². The SMILES string of the molecule is BrCC1=CCC=N1. The van der Waals surface area contributed by atoms with Crippen LogP contribution in [0.4, 0.5) is 0 Å². The molecule has 38 valence electrons. The number of alkyl halides is 1. The third-order valence-corrected chi connectivity index (χ3v) is 1.43. The first kappa shape index (κ1) is 5.04. The molecular weight excluding hydrogens is 154 g/mol. The van der Waals surface area contributed by atoms with Crippen molar-refractivity contribution in [1.29, 1.82) is 0 Å². The molecule has 0 atom stereocenters. The van der Waals surface area contributed by atoms with E-state index in [0.717, 1.165) is 17.4 Å². The summed E-state index contributed by atoms with van der Waals surface area (Å²) in [5.74, 6) is 0. The normalized spacial score (nSPS) is 17.6. The summed E-state index contributed by atoms with van der Waals surface area (Å²) in [6.07, 6.45) is 5.03. The van der Waals surface area contributed by atoms with Gasteiger partial charge in [0, 0.05) is 23.7 Å². The third-order valence-electron chi connectivity index (χ3n) is 0.853. The molecule has 0 amide bonds. The number of hydrogen-bond donors (Lipinski definition) is 0. The van der Waals surface area contributed by atoms with Gasteiger partial charge in [-0.1, -0.05) is 22.0 Å². The molecular formula is C5H6BrN. The average molecular weight is 160 g/mol. The Labute approximate surface area is 51.3 Å². The first-order valence-corrected chi connectivity index (χ1v) is 3.33. The molecule has 1 rings (SSSR count). The van der Waals surface area contributed by atoms with Crippen LogP contribution in [0.2, 0.25) is 0 Å². The second-order valence-electron chi connectivity index (χ2n) is 1.38. The summed E-state index contributed by atoms with van der Waals surface area (Å²) in [7, 11) is 0. The van der Waals surface area contributed by atoms with E-state index in [0.29, 0.717) is 0 Å². The Balaban J connectivity index is 2.52. The van der Waals surface area contributed by atoms with Crippen LogP contribution >= 0.6 is 15.9 Å². The predicted octanol–water partition coefficient (Wildman–Crippen LogP) is 1.74. The highest BCUT2D eigenvalue weighted by Crippen LogP contribution is 2.06. The number of rotatable bonds is 1. The molecule has 0 spiro atoms. The Morgan fingerprint density at radius 1 is 1.86 bits per heavy atom. The van der Waals surface area contributed by atoms with Crippen molar-refractivity contribution in [1.82, 2.24) is 0 Å². The third kappa shape index (κ3) is 1.13. The minimum atomic E-state index is 0.892. The van der Waals surface area contributed by atoms with Gasteiger partial charge in [-0.3, -0.25) is 4.99 Å². The van der Waals surface area contributed by atoms with Gasteiger partial charge >= 0.3 is 0 Å². The van der Waals surface area contributed by atoms with Crippen molar-refractivity contribution in [3.8, 4) is 0 Å². The van der Waals surface area contributed by atoms with E-state index in [-0.39, 0.29) is 0 Å². The zero-order valence-corrected chi connectivity index (χ0v) is 5.48. The van der Waals surface area contributed by atoms with E-state index in [1.807, 2.05) is 6.21 Å². The summed E-state index contributed by atoms with van der Waals surface area (Å²) < 4.78 is 0. The Hall–Kier alpha value is -0.110. The van der Waals surface area contributed by atoms with Crippen molar-refractivity contribution in [3.63, 3.8) is 0 Å². The summed E-state index contributed by atoms with van der Waals surface area (Å²) in [6, 6.07) is 0.